The maximum Gasteiger partial charge on any atom is 0.271 e. The van der Waals surface area contributed by atoms with Crippen LogP contribution < -0.4 is 10.2 Å². The van der Waals surface area contributed by atoms with E-state index in [0.29, 0.717) is 11.3 Å². The number of ether oxygens (including phenoxy) is 1. The standard InChI is InChI=1S/C18H18N2O2/c1-14(11-15-7-4-3-5-8-15)13-19-20-18(21)16-9-6-10-17(12-16)22-2/h3-13H,1-2H3,(H,20,21)/b14-11+,19-13+. The van der Waals surface area contributed by atoms with Gasteiger partial charge in [-0.1, -0.05) is 42.5 Å². The number of benzene rings is 2. The first-order chi connectivity index (χ1) is 10.7. The molecule has 0 aliphatic heterocycles. The minimum absolute atomic E-state index is 0.275. The van der Waals surface area contributed by atoms with E-state index in [-0.39, 0.29) is 5.91 Å². The Morgan fingerprint density at radius 3 is 2.64 bits per heavy atom. The third-order valence-electron chi connectivity index (χ3n) is 2.96. The lowest BCUT2D eigenvalue weighted by Crippen LogP contribution is -2.17. The summed E-state index contributed by atoms with van der Waals surface area (Å²) in [7, 11) is 1.56. The van der Waals surface area contributed by atoms with E-state index in [2.05, 4.69) is 10.5 Å². The fraction of sp³-hybridized carbons (Fsp3) is 0.111. The number of rotatable bonds is 5. The molecule has 0 saturated heterocycles. The minimum atomic E-state index is -0.275. The lowest BCUT2D eigenvalue weighted by Gasteiger charge is -2.03. The minimum Gasteiger partial charge on any atom is -0.497 e. The smallest absolute Gasteiger partial charge is 0.271 e. The maximum atomic E-state index is 12.0. The van der Waals surface area contributed by atoms with Crippen molar-refractivity contribution in [3.05, 3.63) is 71.3 Å². The molecule has 22 heavy (non-hydrogen) atoms. The predicted octanol–water partition coefficient (Wildman–Crippen LogP) is 3.51. The molecule has 0 unspecified atom stereocenters. The number of nitrogens with zero attached hydrogens (tertiary/aromatic N) is 1. The van der Waals surface area contributed by atoms with Gasteiger partial charge in [-0.2, -0.15) is 5.10 Å². The normalized spacial score (nSPS) is 11.5. The van der Waals surface area contributed by atoms with E-state index >= 15 is 0 Å². The molecule has 0 heterocycles. The number of allylic oxidation sites excluding steroid dienone is 1. The number of carbonyl (C=O) groups is 1. The zero-order chi connectivity index (χ0) is 15.8. The van der Waals surface area contributed by atoms with Crippen LogP contribution >= 0.6 is 0 Å². The largest absolute Gasteiger partial charge is 0.497 e. The van der Waals surface area contributed by atoms with Gasteiger partial charge in [0, 0.05) is 5.56 Å². The topological polar surface area (TPSA) is 50.7 Å². The van der Waals surface area contributed by atoms with Gasteiger partial charge in [-0.05, 0) is 36.3 Å². The first kappa shape index (κ1) is 15.5. The van der Waals surface area contributed by atoms with Crippen molar-refractivity contribution in [1.82, 2.24) is 5.43 Å². The van der Waals surface area contributed by atoms with Gasteiger partial charge < -0.3 is 4.74 Å². The summed E-state index contributed by atoms with van der Waals surface area (Å²) in [6.07, 6.45) is 3.60. The zero-order valence-electron chi connectivity index (χ0n) is 12.6. The van der Waals surface area contributed by atoms with Crippen molar-refractivity contribution >= 4 is 18.2 Å². The Hall–Kier alpha value is -2.88. The molecule has 2 rings (SSSR count). The number of carbonyl (C=O) groups excluding carboxylic acids is 1. The molecule has 0 aliphatic carbocycles. The average molecular weight is 294 g/mol. The van der Waals surface area contributed by atoms with Gasteiger partial charge in [0.05, 0.1) is 13.3 Å². The molecule has 0 spiro atoms. The molecule has 1 amide bonds. The lowest BCUT2D eigenvalue weighted by atomic mass is 10.1. The van der Waals surface area contributed by atoms with E-state index in [9.17, 15) is 4.79 Å². The summed E-state index contributed by atoms with van der Waals surface area (Å²) in [5.74, 6) is 0.361. The van der Waals surface area contributed by atoms with Gasteiger partial charge in [0.15, 0.2) is 0 Å². The number of amides is 1. The molecular weight excluding hydrogens is 276 g/mol. The second-order valence-electron chi connectivity index (χ2n) is 4.73. The summed E-state index contributed by atoms with van der Waals surface area (Å²) >= 11 is 0. The Balaban J connectivity index is 1.96. The molecular formula is C18H18N2O2. The van der Waals surface area contributed by atoms with Crippen molar-refractivity contribution in [1.29, 1.82) is 0 Å². The highest BCUT2D eigenvalue weighted by molar-refractivity contribution is 5.95. The van der Waals surface area contributed by atoms with Gasteiger partial charge >= 0.3 is 0 Å². The lowest BCUT2D eigenvalue weighted by molar-refractivity contribution is 0.0955. The second-order valence-corrected chi connectivity index (χ2v) is 4.73. The molecule has 2 aromatic carbocycles. The van der Waals surface area contributed by atoms with Crippen LogP contribution in [0.2, 0.25) is 0 Å². The first-order valence-corrected chi connectivity index (χ1v) is 6.90. The fourth-order valence-electron chi connectivity index (χ4n) is 1.87. The molecule has 4 heteroatoms. The van der Waals surface area contributed by atoms with Gasteiger partial charge in [-0.25, -0.2) is 5.43 Å². The van der Waals surface area contributed by atoms with Gasteiger partial charge in [0.2, 0.25) is 0 Å². The van der Waals surface area contributed by atoms with Gasteiger partial charge in [0.1, 0.15) is 5.75 Å². The van der Waals surface area contributed by atoms with Crippen LogP contribution in [0, 0.1) is 0 Å². The third kappa shape index (κ3) is 4.59. The van der Waals surface area contributed by atoms with E-state index in [4.69, 9.17) is 4.74 Å². The number of hydrogen-bond donors (Lipinski definition) is 1. The van der Waals surface area contributed by atoms with Crippen molar-refractivity contribution in [2.24, 2.45) is 5.10 Å². The molecule has 1 N–H and O–H groups in total. The molecule has 4 nitrogen and oxygen atoms in total. The quantitative estimate of drug-likeness (QED) is 0.677. The van der Waals surface area contributed by atoms with Crippen molar-refractivity contribution in [3.8, 4) is 5.75 Å². The Labute approximate surface area is 130 Å². The van der Waals surface area contributed by atoms with E-state index in [1.54, 1.807) is 37.6 Å². The molecule has 0 fully saturated rings. The molecule has 2 aromatic rings. The summed E-state index contributed by atoms with van der Waals surface area (Å²) in [5.41, 5.74) is 5.03. The molecule has 0 aliphatic rings. The molecule has 112 valence electrons. The summed E-state index contributed by atoms with van der Waals surface area (Å²) in [5, 5.41) is 3.97. The molecule has 0 bridgehead atoms. The van der Waals surface area contributed by atoms with Gasteiger partial charge in [0.25, 0.3) is 5.91 Å². The second kappa shape index (κ2) is 7.78. The summed E-state index contributed by atoms with van der Waals surface area (Å²) < 4.78 is 5.09. The Morgan fingerprint density at radius 2 is 1.91 bits per heavy atom. The van der Waals surface area contributed by atoms with Crippen molar-refractivity contribution < 1.29 is 9.53 Å². The van der Waals surface area contributed by atoms with E-state index < -0.39 is 0 Å². The van der Waals surface area contributed by atoms with Gasteiger partial charge in [-0.3, -0.25) is 4.79 Å². The number of hydrogen-bond acceptors (Lipinski definition) is 3. The van der Waals surface area contributed by atoms with Crippen molar-refractivity contribution in [2.75, 3.05) is 7.11 Å². The highest BCUT2D eigenvalue weighted by atomic mass is 16.5. The monoisotopic (exact) mass is 294 g/mol. The predicted molar refractivity (Wildman–Crippen MR) is 89.0 cm³/mol. The Bertz CT molecular complexity index is 691. The maximum absolute atomic E-state index is 12.0. The van der Waals surface area contributed by atoms with Crippen LogP contribution in [-0.4, -0.2) is 19.2 Å². The molecule has 0 radical (unpaired) electrons. The van der Waals surface area contributed by atoms with E-state index in [0.717, 1.165) is 11.1 Å². The molecule has 0 saturated carbocycles. The first-order valence-electron chi connectivity index (χ1n) is 6.90. The Kier molecular flexibility index (Phi) is 5.49. The highest BCUT2D eigenvalue weighted by Crippen LogP contribution is 2.12. The van der Waals surface area contributed by atoms with Crippen LogP contribution in [0.1, 0.15) is 22.8 Å². The average Bonchev–Trinajstić information content (AvgIpc) is 2.55. The fourth-order valence-corrected chi connectivity index (χ4v) is 1.87. The SMILES string of the molecule is COc1cccc(C(=O)N/N=C/C(C)=C/c2ccccc2)c1. The van der Waals surface area contributed by atoms with Crippen LogP contribution in [0.15, 0.2) is 65.3 Å². The van der Waals surface area contributed by atoms with Gasteiger partial charge in [-0.15, -0.1) is 0 Å². The van der Waals surface area contributed by atoms with E-state index in [1.807, 2.05) is 43.3 Å². The van der Waals surface area contributed by atoms with Crippen molar-refractivity contribution in [3.63, 3.8) is 0 Å². The Morgan fingerprint density at radius 1 is 1.14 bits per heavy atom. The van der Waals surface area contributed by atoms with Crippen LogP contribution in [0.4, 0.5) is 0 Å². The highest BCUT2D eigenvalue weighted by Gasteiger charge is 2.04. The van der Waals surface area contributed by atoms with Crippen LogP contribution in [-0.2, 0) is 0 Å². The summed E-state index contributed by atoms with van der Waals surface area (Å²) in [6, 6.07) is 16.8. The number of methoxy groups -OCH3 is 1. The van der Waals surface area contributed by atoms with Crippen LogP contribution in [0.3, 0.4) is 0 Å². The molecule has 0 atom stereocenters. The van der Waals surface area contributed by atoms with E-state index in [1.165, 1.54) is 0 Å². The summed E-state index contributed by atoms with van der Waals surface area (Å²) in [4.78, 5) is 12.0. The van der Waals surface area contributed by atoms with Crippen molar-refractivity contribution in [2.45, 2.75) is 6.92 Å². The zero-order valence-corrected chi connectivity index (χ0v) is 12.6. The van der Waals surface area contributed by atoms with Crippen LogP contribution in [0.5, 0.6) is 5.75 Å². The number of nitrogens with one attached hydrogen (secondary N) is 1. The molecule has 0 aromatic heterocycles. The number of hydrazone groups is 1. The summed E-state index contributed by atoms with van der Waals surface area (Å²) in [6.45, 7) is 1.92. The van der Waals surface area contributed by atoms with Crippen LogP contribution in [0.25, 0.3) is 6.08 Å². The third-order valence-corrected chi connectivity index (χ3v) is 2.96.